The molecule has 0 radical (unpaired) electrons. The van der Waals surface area contributed by atoms with Gasteiger partial charge in [0.05, 0.1) is 6.61 Å². The van der Waals surface area contributed by atoms with Crippen LogP contribution in [0.2, 0.25) is 0 Å². The van der Waals surface area contributed by atoms with Crippen LogP contribution < -0.4 is 0 Å². The normalized spacial score (nSPS) is 12.2. The van der Waals surface area contributed by atoms with Crippen molar-refractivity contribution in [3.63, 3.8) is 0 Å². The van der Waals surface area contributed by atoms with E-state index in [0.29, 0.717) is 6.61 Å². The fourth-order valence-corrected chi connectivity index (χ4v) is 5.37. The summed E-state index contributed by atoms with van der Waals surface area (Å²) in [4.78, 5) is 14.5. The second kappa shape index (κ2) is 31.8. The number of nitrogens with zero attached hydrogens (tertiary/aromatic N) is 1. The van der Waals surface area contributed by atoms with Crippen molar-refractivity contribution in [1.82, 2.24) is 4.90 Å². The number of unbranched alkanes of at least 4 members (excludes halogenated alkanes) is 22. The summed E-state index contributed by atoms with van der Waals surface area (Å²) in [6.45, 7) is 6.06. The van der Waals surface area contributed by atoms with E-state index in [2.05, 4.69) is 32.8 Å². The smallest absolute Gasteiger partial charge is 0.434 e. The molecule has 0 spiro atoms. The quantitative estimate of drug-likeness (QED) is 0.0632. The molecule has 234 valence electrons. The Morgan fingerprint density at radius 1 is 0.513 bits per heavy atom. The zero-order valence-corrected chi connectivity index (χ0v) is 27.3. The van der Waals surface area contributed by atoms with Gasteiger partial charge in [-0.05, 0) is 59.2 Å². The van der Waals surface area contributed by atoms with E-state index < -0.39 is 6.16 Å². The van der Waals surface area contributed by atoms with Crippen molar-refractivity contribution >= 4 is 6.16 Å². The van der Waals surface area contributed by atoms with Crippen molar-refractivity contribution in [2.24, 2.45) is 0 Å². The van der Waals surface area contributed by atoms with Crippen molar-refractivity contribution in [2.75, 3.05) is 27.2 Å². The van der Waals surface area contributed by atoms with Crippen LogP contribution >= 0.6 is 0 Å². The first-order chi connectivity index (χ1) is 19.1. The molecule has 0 aromatic rings. The number of ether oxygens (including phenoxy) is 2. The molecule has 0 aliphatic carbocycles. The molecule has 0 saturated carbocycles. The Hall–Kier alpha value is -0.770. The second-order valence-electron chi connectivity index (χ2n) is 12.4. The average Bonchev–Trinajstić information content (AvgIpc) is 2.91. The molecule has 0 rings (SSSR count). The fourth-order valence-electron chi connectivity index (χ4n) is 5.37. The Bertz CT molecular complexity index is 483. The van der Waals surface area contributed by atoms with Gasteiger partial charge >= 0.3 is 6.16 Å². The van der Waals surface area contributed by atoms with Crippen LogP contribution in [0.3, 0.4) is 0 Å². The summed E-state index contributed by atoms with van der Waals surface area (Å²) in [5.41, 5.74) is 0. The van der Waals surface area contributed by atoms with E-state index in [1.807, 2.05) is 0 Å². The topological polar surface area (TPSA) is 38.8 Å². The maximum Gasteiger partial charge on any atom is 0.508 e. The van der Waals surface area contributed by atoms with Crippen LogP contribution in [0.15, 0.2) is 0 Å². The van der Waals surface area contributed by atoms with Gasteiger partial charge in [-0.25, -0.2) is 4.79 Å². The van der Waals surface area contributed by atoms with Crippen LogP contribution in [-0.2, 0) is 9.47 Å². The van der Waals surface area contributed by atoms with Crippen LogP contribution in [0.1, 0.15) is 187 Å². The molecule has 0 N–H and O–H groups in total. The van der Waals surface area contributed by atoms with Gasteiger partial charge in [0.1, 0.15) is 6.10 Å². The van der Waals surface area contributed by atoms with Gasteiger partial charge in [0.15, 0.2) is 0 Å². The Morgan fingerprint density at radius 2 is 0.872 bits per heavy atom. The third-order valence-corrected chi connectivity index (χ3v) is 7.99. The monoisotopic (exact) mass is 554 g/mol. The van der Waals surface area contributed by atoms with E-state index in [1.165, 1.54) is 135 Å². The van der Waals surface area contributed by atoms with Gasteiger partial charge < -0.3 is 14.4 Å². The minimum Gasteiger partial charge on any atom is -0.434 e. The van der Waals surface area contributed by atoms with Gasteiger partial charge in [-0.1, -0.05) is 149 Å². The molecule has 0 aliphatic heterocycles. The summed E-state index contributed by atoms with van der Waals surface area (Å²) in [6.07, 6.45) is 34.7. The zero-order valence-electron chi connectivity index (χ0n) is 27.3. The molecular formula is C35H71NO3. The lowest BCUT2D eigenvalue weighted by molar-refractivity contribution is 0.0153. The molecule has 0 aromatic carbocycles. The van der Waals surface area contributed by atoms with Crippen LogP contribution in [0, 0.1) is 0 Å². The van der Waals surface area contributed by atoms with Crippen LogP contribution in [0.25, 0.3) is 0 Å². The van der Waals surface area contributed by atoms with Gasteiger partial charge in [0.2, 0.25) is 0 Å². The molecule has 0 amide bonds. The molecule has 0 saturated heterocycles. The van der Waals surface area contributed by atoms with E-state index in [9.17, 15) is 4.79 Å². The van der Waals surface area contributed by atoms with Gasteiger partial charge in [-0.3, -0.25) is 0 Å². The molecule has 1 unspecified atom stereocenters. The summed E-state index contributed by atoms with van der Waals surface area (Å²) >= 11 is 0. The predicted molar refractivity (Wildman–Crippen MR) is 171 cm³/mol. The van der Waals surface area contributed by atoms with Gasteiger partial charge in [-0.2, -0.15) is 0 Å². The van der Waals surface area contributed by atoms with E-state index >= 15 is 0 Å². The summed E-state index contributed by atoms with van der Waals surface area (Å²) in [5, 5.41) is 0. The highest BCUT2D eigenvalue weighted by Crippen LogP contribution is 2.18. The first-order valence-corrected chi connectivity index (χ1v) is 17.6. The SMILES string of the molecule is CCCCCCCCCCCCCCCCCC(CCCCCCCCCC)OC(=O)OCCCCN(C)C. The fraction of sp³-hybridized carbons (Fsp3) is 0.971. The summed E-state index contributed by atoms with van der Waals surface area (Å²) < 4.78 is 11.2. The predicted octanol–water partition coefficient (Wildman–Crippen LogP) is 11.6. The van der Waals surface area contributed by atoms with Crippen LogP contribution in [-0.4, -0.2) is 44.4 Å². The van der Waals surface area contributed by atoms with Crippen molar-refractivity contribution in [3.05, 3.63) is 0 Å². The molecule has 4 heteroatoms. The Balaban J connectivity index is 3.93. The van der Waals surface area contributed by atoms with Crippen LogP contribution in [0.4, 0.5) is 4.79 Å². The highest BCUT2D eigenvalue weighted by Gasteiger charge is 2.15. The molecule has 4 nitrogen and oxygen atoms in total. The van der Waals surface area contributed by atoms with E-state index in [0.717, 1.165) is 45.1 Å². The first-order valence-electron chi connectivity index (χ1n) is 17.6. The summed E-state index contributed by atoms with van der Waals surface area (Å²) in [6, 6.07) is 0. The van der Waals surface area contributed by atoms with Crippen LogP contribution in [0.5, 0.6) is 0 Å². The van der Waals surface area contributed by atoms with Crippen molar-refractivity contribution in [2.45, 2.75) is 193 Å². The lowest BCUT2D eigenvalue weighted by Crippen LogP contribution is -2.20. The van der Waals surface area contributed by atoms with Crippen molar-refractivity contribution in [3.8, 4) is 0 Å². The Kier molecular flexibility index (Phi) is 31.1. The second-order valence-corrected chi connectivity index (χ2v) is 12.4. The molecule has 0 aromatic heterocycles. The maximum absolute atomic E-state index is 12.3. The lowest BCUT2D eigenvalue weighted by atomic mass is 10.0. The summed E-state index contributed by atoms with van der Waals surface area (Å²) in [7, 11) is 4.14. The summed E-state index contributed by atoms with van der Waals surface area (Å²) in [5.74, 6) is 0. The third kappa shape index (κ3) is 31.6. The van der Waals surface area contributed by atoms with E-state index in [1.54, 1.807) is 0 Å². The lowest BCUT2D eigenvalue weighted by Gasteiger charge is -2.18. The van der Waals surface area contributed by atoms with Gasteiger partial charge in [-0.15, -0.1) is 0 Å². The largest absolute Gasteiger partial charge is 0.508 e. The van der Waals surface area contributed by atoms with Gasteiger partial charge in [0, 0.05) is 0 Å². The van der Waals surface area contributed by atoms with Crippen molar-refractivity contribution < 1.29 is 14.3 Å². The highest BCUT2D eigenvalue weighted by molar-refractivity contribution is 5.60. The minimum absolute atomic E-state index is 0.0290. The Morgan fingerprint density at radius 3 is 1.23 bits per heavy atom. The number of hydrogen-bond acceptors (Lipinski definition) is 4. The van der Waals surface area contributed by atoms with E-state index in [4.69, 9.17) is 9.47 Å². The zero-order chi connectivity index (χ0) is 28.7. The molecule has 0 fully saturated rings. The van der Waals surface area contributed by atoms with E-state index in [-0.39, 0.29) is 6.10 Å². The number of carbonyl (C=O) groups excluding carboxylic acids is 1. The molecule has 0 aliphatic rings. The number of hydrogen-bond donors (Lipinski definition) is 0. The van der Waals surface area contributed by atoms with Gasteiger partial charge in [0.25, 0.3) is 0 Å². The molecule has 39 heavy (non-hydrogen) atoms. The first kappa shape index (κ1) is 38.2. The molecule has 0 bridgehead atoms. The molecular weight excluding hydrogens is 482 g/mol. The number of rotatable bonds is 31. The standard InChI is InChI=1S/C35H71NO3/c1-5-7-9-11-13-15-16-17-18-19-20-21-23-25-27-31-34(30-26-24-22-14-12-10-8-6-2)39-35(37)38-33-29-28-32-36(3)4/h34H,5-33H2,1-4H3. The third-order valence-electron chi connectivity index (χ3n) is 7.99. The number of carbonyl (C=O) groups is 1. The molecule has 0 heterocycles. The highest BCUT2D eigenvalue weighted by atomic mass is 16.7. The minimum atomic E-state index is -0.453. The average molecular weight is 554 g/mol. The maximum atomic E-state index is 12.3. The molecule has 1 atom stereocenters. The Labute approximate surface area is 245 Å². The van der Waals surface area contributed by atoms with Crippen molar-refractivity contribution in [1.29, 1.82) is 0 Å².